The highest BCUT2D eigenvalue weighted by atomic mass is 35.5. The zero-order valence-corrected chi connectivity index (χ0v) is 19.8. The van der Waals surface area contributed by atoms with E-state index in [2.05, 4.69) is 16.0 Å². The van der Waals surface area contributed by atoms with E-state index in [1.807, 2.05) is 0 Å². The van der Waals surface area contributed by atoms with Crippen molar-refractivity contribution in [1.82, 2.24) is 14.7 Å². The van der Waals surface area contributed by atoms with Crippen LogP contribution in [0.4, 0.5) is 5.82 Å². The summed E-state index contributed by atoms with van der Waals surface area (Å²) in [6, 6.07) is 10.6. The predicted octanol–water partition coefficient (Wildman–Crippen LogP) is 3.06. The summed E-state index contributed by atoms with van der Waals surface area (Å²) in [6.45, 7) is 0. The lowest BCUT2D eigenvalue weighted by Gasteiger charge is -2.24. The van der Waals surface area contributed by atoms with Gasteiger partial charge in [-0.15, -0.1) is 4.94 Å². The molecule has 3 N–H and O–H groups in total. The summed E-state index contributed by atoms with van der Waals surface area (Å²) in [5.74, 6) is 1.15. The average Bonchev–Trinajstić information content (AvgIpc) is 3.42. The number of pyridine rings is 2. The van der Waals surface area contributed by atoms with E-state index in [0.717, 1.165) is 5.56 Å². The first-order valence-electron chi connectivity index (χ1n) is 10.6. The lowest BCUT2D eigenvalue weighted by atomic mass is 9.96. The minimum atomic E-state index is -1.43. The Morgan fingerprint density at radius 2 is 2.06 bits per heavy atom. The van der Waals surface area contributed by atoms with Crippen LogP contribution < -0.4 is 20.1 Å². The molecule has 0 fully saturated rings. The minimum Gasteiger partial charge on any atom is -0.496 e. The molecule has 174 valence electrons. The summed E-state index contributed by atoms with van der Waals surface area (Å²) < 4.78 is 8.69. The van der Waals surface area contributed by atoms with Crippen LogP contribution in [0.25, 0.3) is 22.4 Å². The molecule has 3 aromatic heterocycles. The number of hydrogen-bond donors (Lipinski definition) is 2. The molecule has 0 bridgehead atoms. The molecule has 4 heterocycles. The van der Waals surface area contributed by atoms with E-state index in [0.29, 0.717) is 68.9 Å². The third-order valence-electron chi connectivity index (χ3n) is 6.36. The summed E-state index contributed by atoms with van der Waals surface area (Å²) in [7, 11) is 1.55. The van der Waals surface area contributed by atoms with Crippen LogP contribution in [0.15, 0.2) is 42.7 Å². The van der Waals surface area contributed by atoms with Crippen molar-refractivity contribution < 1.29 is 19.5 Å². The van der Waals surface area contributed by atoms with E-state index in [4.69, 9.17) is 38.6 Å². The Balaban J connectivity index is 1.56. The SMILES string of the molecule is COc1c(-c2cc(Cl)ccc2C#N)c[n+]2c3c1CCC3(O)c1nc(-c3ccc(N)nc3Cl)cn1O2. The van der Waals surface area contributed by atoms with Crippen LogP contribution in [0.3, 0.4) is 0 Å². The van der Waals surface area contributed by atoms with Crippen LogP contribution in [-0.4, -0.2) is 26.9 Å². The molecule has 0 spiro atoms. The van der Waals surface area contributed by atoms with E-state index >= 15 is 0 Å². The number of methoxy groups -OCH3 is 1. The van der Waals surface area contributed by atoms with Gasteiger partial charge in [-0.2, -0.15) is 5.26 Å². The van der Waals surface area contributed by atoms with Crippen molar-refractivity contribution in [2.24, 2.45) is 0 Å². The molecule has 1 aliphatic heterocycles. The smallest absolute Gasteiger partial charge is 0.281 e. The van der Waals surface area contributed by atoms with Gasteiger partial charge in [0.1, 0.15) is 28.6 Å². The molecule has 1 unspecified atom stereocenters. The van der Waals surface area contributed by atoms with Gasteiger partial charge in [-0.1, -0.05) is 23.2 Å². The van der Waals surface area contributed by atoms with E-state index in [1.54, 1.807) is 49.8 Å². The van der Waals surface area contributed by atoms with Crippen molar-refractivity contribution in [3.8, 4) is 34.2 Å². The van der Waals surface area contributed by atoms with Crippen LogP contribution in [0.2, 0.25) is 10.2 Å². The molecule has 11 heteroatoms. The fraction of sp³-hybridized carbons (Fsp3) is 0.167. The number of nitrogen functional groups attached to an aromatic ring is 1. The number of fused-ring (bicyclic) bond motifs is 2. The van der Waals surface area contributed by atoms with Crippen LogP contribution in [0.1, 0.15) is 29.1 Å². The van der Waals surface area contributed by atoms with Gasteiger partial charge in [0.05, 0.1) is 24.3 Å². The summed E-state index contributed by atoms with van der Waals surface area (Å²) in [5, 5.41) is 22.2. The Morgan fingerprint density at radius 3 is 2.80 bits per heavy atom. The van der Waals surface area contributed by atoms with Crippen molar-refractivity contribution in [1.29, 1.82) is 5.26 Å². The van der Waals surface area contributed by atoms with Gasteiger partial charge in [0.2, 0.25) is 5.60 Å². The van der Waals surface area contributed by atoms with E-state index in [9.17, 15) is 10.4 Å². The van der Waals surface area contributed by atoms with Gasteiger partial charge in [-0.25, -0.2) is 9.97 Å². The number of nitriles is 1. The Morgan fingerprint density at radius 1 is 1.23 bits per heavy atom. The number of halogens is 2. The standard InChI is InChI=1S/C24H17Cl2N6O3/c1-34-20-15-6-7-24(33)21(15)31(10-17(20)16-8-13(25)3-2-12(16)9-27)35-32-11-18(29-23(24)32)14-4-5-19(28)30-22(14)26/h2-5,8,10-11,33H,6-7H2,1H3,(H2,28,30)/q+1. The number of benzene rings is 1. The van der Waals surface area contributed by atoms with Crippen LogP contribution in [0.5, 0.6) is 5.75 Å². The van der Waals surface area contributed by atoms with Crippen molar-refractivity contribution in [3.63, 3.8) is 0 Å². The van der Waals surface area contributed by atoms with Crippen LogP contribution in [0, 0.1) is 11.3 Å². The summed E-state index contributed by atoms with van der Waals surface area (Å²) >= 11 is 12.6. The van der Waals surface area contributed by atoms with E-state index in [-0.39, 0.29) is 5.15 Å². The Kier molecular flexibility index (Phi) is 4.70. The molecular weight excluding hydrogens is 491 g/mol. The zero-order valence-electron chi connectivity index (χ0n) is 18.3. The first-order chi connectivity index (χ1) is 16.8. The van der Waals surface area contributed by atoms with Crippen molar-refractivity contribution in [2.75, 3.05) is 12.8 Å². The maximum absolute atomic E-state index is 11.9. The zero-order chi connectivity index (χ0) is 24.5. The third-order valence-corrected chi connectivity index (χ3v) is 6.89. The van der Waals surface area contributed by atoms with E-state index < -0.39 is 5.60 Å². The Labute approximate surface area is 209 Å². The molecule has 1 aromatic carbocycles. The second-order valence-electron chi connectivity index (χ2n) is 8.32. The average molecular weight is 508 g/mol. The molecule has 0 amide bonds. The summed E-state index contributed by atoms with van der Waals surface area (Å²) in [4.78, 5) is 14.9. The number of nitrogens with zero attached hydrogens (tertiary/aromatic N) is 5. The number of rotatable bonds is 3. The second-order valence-corrected chi connectivity index (χ2v) is 9.12. The molecule has 0 saturated carbocycles. The number of aliphatic hydroxyl groups is 1. The number of nitrogens with two attached hydrogens (primary N) is 1. The Hall–Kier alpha value is -3.84. The maximum atomic E-state index is 11.9. The monoisotopic (exact) mass is 507 g/mol. The molecular formula is C24H17Cl2N6O3+. The van der Waals surface area contributed by atoms with Crippen molar-refractivity contribution >= 4 is 29.0 Å². The molecule has 2 aliphatic rings. The largest absolute Gasteiger partial charge is 0.496 e. The number of ether oxygens (including phenoxy) is 1. The third kappa shape index (κ3) is 3.08. The first-order valence-corrected chi connectivity index (χ1v) is 11.4. The summed E-state index contributed by atoms with van der Waals surface area (Å²) in [6.07, 6.45) is 4.17. The quantitative estimate of drug-likeness (QED) is 0.322. The predicted molar refractivity (Wildman–Crippen MR) is 127 cm³/mol. The molecule has 9 nitrogen and oxygen atoms in total. The van der Waals surface area contributed by atoms with Gasteiger partial charge < -0.3 is 15.6 Å². The van der Waals surface area contributed by atoms with Gasteiger partial charge in [0, 0.05) is 21.7 Å². The highest BCUT2D eigenvalue weighted by molar-refractivity contribution is 6.32. The van der Waals surface area contributed by atoms with Gasteiger partial charge in [-0.3, -0.25) is 0 Å². The molecule has 35 heavy (non-hydrogen) atoms. The molecule has 6 rings (SSSR count). The lowest BCUT2D eigenvalue weighted by Crippen LogP contribution is -2.58. The molecule has 1 atom stereocenters. The highest BCUT2D eigenvalue weighted by Crippen LogP contribution is 2.48. The number of anilines is 1. The second kappa shape index (κ2) is 7.58. The van der Waals surface area contributed by atoms with E-state index in [1.165, 1.54) is 9.46 Å². The van der Waals surface area contributed by atoms with Crippen molar-refractivity contribution in [2.45, 2.75) is 18.4 Å². The van der Waals surface area contributed by atoms with Gasteiger partial charge in [-0.05, 0) is 52.6 Å². The van der Waals surface area contributed by atoms with Gasteiger partial charge in [0.25, 0.3) is 5.82 Å². The molecule has 0 saturated heterocycles. The fourth-order valence-corrected chi connectivity index (χ4v) is 5.27. The number of hydrogen-bond acceptors (Lipinski definition) is 7. The van der Waals surface area contributed by atoms with Crippen molar-refractivity contribution in [3.05, 3.63) is 75.5 Å². The number of imidazole rings is 1. The lowest BCUT2D eigenvalue weighted by molar-refractivity contribution is -0.917. The fourth-order valence-electron chi connectivity index (χ4n) is 4.84. The van der Waals surface area contributed by atoms with Crippen LogP contribution >= 0.6 is 23.2 Å². The minimum absolute atomic E-state index is 0.193. The topological polar surface area (TPSA) is 123 Å². The summed E-state index contributed by atoms with van der Waals surface area (Å²) in [5.41, 5.74) is 8.24. The normalized spacial score (nSPS) is 17.3. The van der Waals surface area contributed by atoms with Gasteiger partial charge >= 0.3 is 0 Å². The highest BCUT2D eigenvalue weighted by Gasteiger charge is 2.56. The first kappa shape index (κ1) is 21.7. The maximum Gasteiger partial charge on any atom is 0.281 e. The molecule has 1 aliphatic carbocycles. The Bertz CT molecular complexity index is 1600. The molecule has 4 aromatic rings. The van der Waals surface area contributed by atoms with Crippen LogP contribution in [-0.2, 0) is 12.0 Å². The van der Waals surface area contributed by atoms with Gasteiger partial charge in [0.15, 0.2) is 11.9 Å². The number of aromatic nitrogens is 4. The molecule has 0 radical (unpaired) electrons.